The molecule has 5 nitrogen and oxygen atoms in total. The van der Waals surface area contributed by atoms with E-state index in [0.717, 1.165) is 15.7 Å². The van der Waals surface area contributed by atoms with Gasteiger partial charge in [-0.15, -0.1) is 0 Å². The van der Waals surface area contributed by atoms with Gasteiger partial charge in [0.2, 0.25) is 5.91 Å². The Morgan fingerprint density at radius 2 is 1.75 bits per heavy atom. The van der Waals surface area contributed by atoms with Crippen LogP contribution in [0.4, 0.5) is 10.5 Å². The van der Waals surface area contributed by atoms with E-state index in [-0.39, 0.29) is 11.9 Å². The average Bonchev–Trinajstić information content (AvgIpc) is 2.42. The molecule has 0 atom stereocenters. The topological polar surface area (TPSA) is 52.7 Å². The zero-order valence-electron chi connectivity index (χ0n) is 11.6. The second-order valence-electron chi connectivity index (χ2n) is 4.88. The number of nitrogens with one attached hydrogen (secondary N) is 1. The fourth-order valence-electron chi connectivity index (χ4n) is 2.19. The van der Waals surface area contributed by atoms with E-state index in [0.29, 0.717) is 26.2 Å². The van der Waals surface area contributed by atoms with Gasteiger partial charge in [-0.3, -0.25) is 4.79 Å². The van der Waals surface area contributed by atoms with E-state index in [2.05, 4.69) is 21.2 Å². The number of urea groups is 1. The van der Waals surface area contributed by atoms with Crippen LogP contribution < -0.4 is 5.32 Å². The lowest BCUT2D eigenvalue weighted by molar-refractivity contribution is -0.130. The molecule has 20 heavy (non-hydrogen) atoms. The first-order valence-electron chi connectivity index (χ1n) is 6.55. The summed E-state index contributed by atoms with van der Waals surface area (Å²) in [6.07, 6.45) is 0. The fourth-order valence-corrected chi connectivity index (χ4v) is 2.66. The van der Waals surface area contributed by atoms with Crippen molar-refractivity contribution in [3.63, 3.8) is 0 Å². The van der Waals surface area contributed by atoms with Gasteiger partial charge in [0.25, 0.3) is 0 Å². The maximum atomic E-state index is 12.2. The van der Waals surface area contributed by atoms with Crippen molar-refractivity contribution in [1.29, 1.82) is 0 Å². The average molecular weight is 340 g/mol. The number of hydrogen-bond donors (Lipinski definition) is 1. The summed E-state index contributed by atoms with van der Waals surface area (Å²) in [5.41, 5.74) is 1.82. The molecule has 3 amide bonds. The number of rotatable bonds is 1. The number of aryl methyl sites for hydroxylation is 1. The molecule has 0 aliphatic carbocycles. The molecule has 1 aromatic carbocycles. The van der Waals surface area contributed by atoms with Gasteiger partial charge in [0.15, 0.2) is 0 Å². The fraction of sp³-hybridized carbons (Fsp3) is 0.429. The van der Waals surface area contributed by atoms with E-state index < -0.39 is 0 Å². The number of carbonyl (C=O) groups excluding carboxylic acids is 2. The van der Waals surface area contributed by atoms with Crippen LogP contribution in [0.2, 0.25) is 0 Å². The summed E-state index contributed by atoms with van der Waals surface area (Å²) in [5.74, 6) is 0.0637. The lowest BCUT2D eigenvalue weighted by Crippen LogP contribution is -2.51. The largest absolute Gasteiger partial charge is 0.339 e. The van der Waals surface area contributed by atoms with Gasteiger partial charge < -0.3 is 15.1 Å². The molecular weight excluding hydrogens is 322 g/mol. The first-order valence-corrected chi connectivity index (χ1v) is 7.34. The van der Waals surface area contributed by atoms with E-state index in [4.69, 9.17) is 0 Å². The van der Waals surface area contributed by atoms with Gasteiger partial charge in [-0.05, 0) is 30.7 Å². The summed E-state index contributed by atoms with van der Waals surface area (Å²) in [6, 6.07) is 5.63. The van der Waals surface area contributed by atoms with Crippen molar-refractivity contribution < 1.29 is 9.59 Å². The van der Waals surface area contributed by atoms with Crippen LogP contribution in [0.5, 0.6) is 0 Å². The Balaban J connectivity index is 1.94. The highest BCUT2D eigenvalue weighted by molar-refractivity contribution is 9.10. The molecule has 0 spiro atoms. The standard InChI is InChI=1S/C14H18BrN3O2/c1-10-9-12(15)3-4-13(10)16-14(20)18-7-5-17(6-8-18)11(2)19/h3-4,9H,5-8H2,1-2H3,(H,16,20). The molecule has 0 radical (unpaired) electrons. The number of piperazine rings is 1. The second kappa shape index (κ2) is 6.26. The molecule has 1 heterocycles. The molecule has 0 aromatic heterocycles. The van der Waals surface area contributed by atoms with Crippen LogP contribution in [0.3, 0.4) is 0 Å². The van der Waals surface area contributed by atoms with Crippen molar-refractivity contribution in [2.75, 3.05) is 31.5 Å². The molecule has 0 saturated carbocycles. The molecule has 1 aliphatic rings. The quantitative estimate of drug-likeness (QED) is 0.854. The van der Waals surface area contributed by atoms with Gasteiger partial charge in [-0.2, -0.15) is 0 Å². The summed E-state index contributed by atoms with van der Waals surface area (Å²) in [7, 11) is 0. The van der Waals surface area contributed by atoms with Gasteiger partial charge in [-0.25, -0.2) is 4.79 Å². The first kappa shape index (κ1) is 14.8. The number of hydrogen-bond acceptors (Lipinski definition) is 2. The zero-order valence-corrected chi connectivity index (χ0v) is 13.2. The predicted octanol–water partition coefficient (Wildman–Crippen LogP) is 2.45. The lowest BCUT2D eigenvalue weighted by Gasteiger charge is -2.34. The Labute approximate surface area is 127 Å². The monoisotopic (exact) mass is 339 g/mol. The minimum absolute atomic E-state index is 0.0637. The van der Waals surface area contributed by atoms with Crippen molar-refractivity contribution in [2.24, 2.45) is 0 Å². The Hall–Kier alpha value is -1.56. The molecule has 1 fully saturated rings. The van der Waals surface area contributed by atoms with Crippen LogP contribution in [0.15, 0.2) is 22.7 Å². The molecule has 1 aromatic rings. The van der Waals surface area contributed by atoms with E-state index in [1.807, 2.05) is 25.1 Å². The van der Waals surface area contributed by atoms with Gasteiger partial charge in [0, 0.05) is 43.3 Å². The highest BCUT2D eigenvalue weighted by Crippen LogP contribution is 2.20. The third-order valence-electron chi connectivity index (χ3n) is 3.44. The molecule has 6 heteroatoms. The van der Waals surface area contributed by atoms with Gasteiger partial charge in [0.05, 0.1) is 0 Å². The normalized spacial score (nSPS) is 15.2. The van der Waals surface area contributed by atoms with Crippen LogP contribution in [-0.4, -0.2) is 47.9 Å². The number of carbonyl (C=O) groups is 2. The Morgan fingerprint density at radius 3 is 2.30 bits per heavy atom. The molecule has 0 unspecified atom stereocenters. The third-order valence-corrected chi connectivity index (χ3v) is 3.94. The van der Waals surface area contributed by atoms with Gasteiger partial charge >= 0.3 is 6.03 Å². The highest BCUT2D eigenvalue weighted by atomic mass is 79.9. The second-order valence-corrected chi connectivity index (χ2v) is 5.80. The molecule has 1 aliphatic heterocycles. The number of anilines is 1. The SMILES string of the molecule is CC(=O)N1CCN(C(=O)Nc2ccc(Br)cc2C)CC1. The number of benzene rings is 1. The molecule has 1 saturated heterocycles. The molecule has 108 valence electrons. The maximum Gasteiger partial charge on any atom is 0.321 e. The Morgan fingerprint density at radius 1 is 1.15 bits per heavy atom. The van der Waals surface area contributed by atoms with Crippen LogP contribution in [0.25, 0.3) is 0 Å². The van der Waals surface area contributed by atoms with Gasteiger partial charge in [-0.1, -0.05) is 15.9 Å². The van der Waals surface area contributed by atoms with Crippen molar-refractivity contribution in [1.82, 2.24) is 9.80 Å². The summed E-state index contributed by atoms with van der Waals surface area (Å²) in [5, 5.41) is 2.91. The predicted molar refractivity (Wildman–Crippen MR) is 81.7 cm³/mol. The van der Waals surface area contributed by atoms with Crippen molar-refractivity contribution in [2.45, 2.75) is 13.8 Å². The zero-order chi connectivity index (χ0) is 14.7. The van der Waals surface area contributed by atoms with Crippen LogP contribution >= 0.6 is 15.9 Å². The van der Waals surface area contributed by atoms with E-state index in [1.165, 1.54) is 0 Å². The minimum atomic E-state index is -0.112. The first-order chi connectivity index (χ1) is 9.47. The number of halogens is 1. The van der Waals surface area contributed by atoms with E-state index in [1.54, 1.807) is 16.7 Å². The minimum Gasteiger partial charge on any atom is -0.339 e. The van der Waals surface area contributed by atoms with Crippen molar-refractivity contribution in [3.05, 3.63) is 28.2 Å². The lowest BCUT2D eigenvalue weighted by atomic mass is 10.2. The third kappa shape index (κ3) is 3.50. The molecule has 1 N–H and O–H groups in total. The number of amides is 3. The summed E-state index contributed by atoms with van der Waals surface area (Å²) in [6.45, 7) is 5.85. The Bertz CT molecular complexity index is 525. The Kier molecular flexibility index (Phi) is 4.65. The van der Waals surface area contributed by atoms with Crippen LogP contribution in [-0.2, 0) is 4.79 Å². The van der Waals surface area contributed by atoms with Gasteiger partial charge in [0.1, 0.15) is 0 Å². The van der Waals surface area contributed by atoms with Crippen LogP contribution in [0, 0.1) is 6.92 Å². The van der Waals surface area contributed by atoms with Crippen molar-refractivity contribution in [3.8, 4) is 0 Å². The molecular formula is C14H18BrN3O2. The summed E-state index contributed by atoms with van der Waals surface area (Å²) < 4.78 is 0.989. The smallest absolute Gasteiger partial charge is 0.321 e. The number of nitrogens with zero attached hydrogens (tertiary/aromatic N) is 2. The summed E-state index contributed by atoms with van der Waals surface area (Å²) >= 11 is 3.40. The summed E-state index contributed by atoms with van der Waals surface area (Å²) in [4.78, 5) is 26.9. The van der Waals surface area contributed by atoms with Crippen LogP contribution in [0.1, 0.15) is 12.5 Å². The molecule has 0 bridgehead atoms. The maximum absolute atomic E-state index is 12.2. The highest BCUT2D eigenvalue weighted by Gasteiger charge is 2.22. The van der Waals surface area contributed by atoms with E-state index in [9.17, 15) is 9.59 Å². The molecule has 2 rings (SSSR count). The van der Waals surface area contributed by atoms with E-state index >= 15 is 0 Å². The van der Waals surface area contributed by atoms with Crippen molar-refractivity contribution >= 4 is 33.6 Å².